The molecular formula is C13H13BrClNO2S2. The van der Waals surface area contributed by atoms with Gasteiger partial charge in [0.1, 0.15) is 4.21 Å². The van der Waals surface area contributed by atoms with Crippen molar-refractivity contribution in [3.05, 3.63) is 50.3 Å². The van der Waals surface area contributed by atoms with Crippen LogP contribution in [0.4, 0.5) is 0 Å². The summed E-state index contributed by atoms with van der Waals surface area (Å²) in [7, 11) is -1.93. The summed E-state index contributed by atoms with van der Waals surface area (Å²) in [5, 5.41) is 0. The number of aryl methyl sites for hydroxylation is 1. The molecule has 0 spiro atoms. The average molecular weight is 395 g/mol. The monoisotopic (exact) mass is 393 g/mol. The van der Waals surface area contributed by atoms with Crippen molar-refractivity contribution >= 4 is 48.9 Å². The molecule has 0 N–H and O–H groups in total. The summed E-state index contributed by atoms with van der Waals surface area (Å²) in [6.07, 6.45) is 0. The van der Waals surface area contributed by atoms with Crippen molar-refractivity contribution in [2.45, 2.75) is 17.7 Å². The Labute approximate surface area is 136 Å². The molecule has 20 heavy (non-hydrogen) atoms. The molecule has 1 heterocycles. The Bertz CT molecular complexity index is 708. The van der Waals surface area contributed by atoms with E-state index in [0.29, 0.717) is 10.9 Å². The largest absolute Gasteiger partial charge is 0.252 e. The smallest absolute Gasteiger partial charge is 0.206 e. The third kappa shape index (κ3) is 3.43. The highest BCUT2D eigenvalue weighted by Crippen LogP contribution is 2.32. The normalized spacial score (nSPS) is 12.1. The highest BCUT2D eigenvalue weighted by molar-refractivity contribution is 9.10. The standard InChI is InChI=1S/C13H13BrClNO2S2/c1-9-6-12(19-13(9)15)20(17,18)16(2)8-10-4-3-5-11(14)7-10/h3-7H,8H2,1-2H3. The lowest BCUT2D eigenvalue weighted by molar-refractivity contribution is 0.468. The zero-order valence-corrected chi connectivity index (χ0v) is 14.9. The van der Waals surface area contributed by atoms with E-state index in [1.165, 1.54) is 4.31 Å². The van der Waals surface area contributed by atoms with Crippen LogP contribution in [0.3, 0.4) is 0 Å². The van der Waals surface area contributed by atoms with E-state index in [9.17, 15) is 8.42 Å². The van der Waals surface area contributed by atoms with Crippen LogP contribution in [0.25, 0.3) is 0 Å². The van der Waals surface area contributed by atoms with E-state index in [1.54, 1.807) is 20.0 Å². The maximum absolute atomic E-state index is 12.5. The topological polar surface area (TPSA) is 37.4 Å². The molecule has 0 saturated heterocycles. The maximum Gasteiger partial charge on any atom is 0.252 e. The van der Waals surface area contributed by atoms with Crippen LogP contribution in [0.1, 0.15) is 11.1 Å². The Kier molecular flexibility index (Phi) is 4.92. The van der Waals surface area contributed by atoms with Gasteiger partial charge in [-0.05, 0) is 36.2 Å². The Morgan fingerprint density at radius 1 is 1.35 bits per heavy atom. The molecule has 0 saturated carbocycles. The molecule has 2 aromatic rings. The number of thiophene rings is 1. The molecule has 0 radical (unpaired) electrons. The van der Waals surface area contributed by atoms with E-state index in [-0.39, 0.29) is 4.21 Å². The first-order valence-corrected chi connectivity index (χ1v) is 9.20. The average Bonchev–Trinajstić information content (AvgIpc) is 2.70. The van der Waals surface area contributed by atoms with Gasteiger partial charge < -0.3 is 0 Å². The summed E-state index contributed by atoms with van der Waals surface area (Å²) in [6, 6.07) is 9.19. The summed E-state index contributed by atoms with van der Waals surface area (Å²) < 4.78 is 28.0. The van der Waals surface area contributed by atoms with E-state index >= 15 is 0 Å². The number of benzene rings is 1. The zero-order chi connectivity index (χ0) is 14.9. The highest BCUT2D eigenvalue weighted by atomic mass is 79.9. The quantitative estimate of drug-likeness (QED) is 0.775. The van der Waals surface area contributed by atoms with Gasteiger partial charge in [-0.1, -0.05) is 39.7 Å². The van der Waals surface area contributed by atoms with Crippen molar-refractivity contribution in [1.29, 1.82) is 0 Å². The zero-order valence-electron chi connectivity index (χ0n) is 10.9. The van der Waals surface area contributed by atoms with Crippen LogP contribution in [0, 0.1) is 6.92 Å². The van der Waals surface area contributed by atoms with Crippen LogP contribution in [-0.2, 0) is 16.6 Å². The first kappa shape index (κ1) is 16.0. The number of hydrogen-bond acceptors (Lipinski definition) is 3. The summed E-state index contributed by atoms with van der Waals surface area (Å²) >= 11 is 10.4. The van der Waals surface area contributed by atoms with Crippen molar-refractivity contribution in [3.8, 4) is 0 Å². The van der Waals surface area contributed by atoms with Gasteiger partial charge in [0.2, 0.25) is 0 Å². The molecule has 0 aliphatic rings. The summed E-state index contributed by atoms with van der Waals surface area (Å²) in [5.74, 6) is 0. The lowest BCUT2D eigenvalue weighted by Gasteiger charge is -2.16. The fraction of sp³-hybridized carbons (Fsp3) is 0.231. The molecule has 2 rings (SSSR count). The van der Waals surface area contributed by atoms with E-state index in [2.05, 4.69) is 15.9 Å². The molecule has 0 bridgehead atoms. The molecule has 3 nitrogen and oxygen atoms in total. The molecule has 0 aliphatic carbocycles. The van der Waals surface area contributed by atoms with E-state index in [1.807, 2.05) is 24.3 Å². The minimum Gasteiger partial charge on any atom is -0.206 e. The molecule has 0 atom stereocenters. The van der Waals surface area contributed by atoms with Crippen LogP contribution < -0.4 is 0 Å². The van der Waals surface area contributed by atoms with Gasteiger partial charge in [0, 0.05) is 18.1 Å². The molecule has 0 fully saturated rings. The fourth-order valence-electron chi connectivity index (χ4n) is 1.69. The minimum absolute atomic E-state index is 0.275. The number of rotatable bonds is 4. The molecule has 108 valence electrons. The molecule has 0 amide bonds. The SMILES string of the molecule is Cc1cc(S(=O)(=O)N(C)Cc2cccc(Br)c2)sc1Cl. The van der Waals surface area contributed by atoms with Gasteiger partial charge in [0.05, 0.1) is 4.34 Å². The minimum atomic E-state index is -3.50. The van der Waals surface area contributed by atoms with Crippen molar-refractivity contribution in [1.82, 2.24) is 4.31 Å². The van der Waals surface area contributed by atoms with Gasteiger partial charge in [-0.25, -0.2) is 8.42 Å². The van der Waals surface area contributed by atoms with Crippen molar-refractivity contribution < 1.29 is 8.42 Å². The number of hydrogen-bond donors (Lipinski definition) is 0. The Hall–Kier alpha value is -0.400. The van der Waals surface area contributed by atoms with Gasteiger partial charge in [0.25, 0.3) is 10.0 Å². The molecule has 1 aromatic heterocycles. The highest BCUT2D eigenvalue weighted by Gasteiger charge is 2.24. The fourth-order valence-corrected chi connectivity index (χ4v) is 5.21. The number of nitrogens with zero attached hydrogens (tertiary/aromatic N) is 1. The summed E-state index contributed by atoms with van der Waals surface area (Å²) in [4.78, 5) is 0. The van der Waals surface area contributed by atoms with Gasteiger partial charge >= 0.3 is 0 Å². The van der Waals surface area contributed by atoms with E-state index in [4.69, 9.17) is 11.6 Å². The second-order valence-electron chi connectivity index (χ2n) is 4.41. The van der Waals surface area contributed by atoms with Gasteiger partial charge in [-0.3, -0.25) is 0 Å². The van der Waals surface area contributed by atoms with E-state index in [0.717, 1.165) is 26.9 Å². The van der Waals surface area contributed by atoms with Crippen LogP contribution in [0.15, 0.2) is 39.0 Å². The van der Waals surface area contributed by atoms with Crippen molar-refractivity contribution in [2.75, 3.05) is 7.05 Å². The predicted molar refractivity (Wildman–Crippen MR) is 86.9 cm³/mol. The maximum atomic E-state index is 12.5. The first-order chi connectivity index (χ1) is 9.30. The lowest BCUT2D eigenvalue weighted by Crippen LogP contribution is -2.25. The molecule has 1 aromatic carbocycles. The second-order valence-corrected chi connectivity index (χ2v) is 9.25. The van der Waals surface area contributed by atoms with Crippen LogP contribution in [0.2, 0.25) is 4.34 Å². The first-order valence-electron chi connectivity index (χ1n) is 5.77. The van der Waals surface area contributed by atoms with Gasteiger partial charge in [0.15, 0.2) is 0 Å². The second kappa shape index (κ2) is 6.15. The van der Waals surface area contributed by atoms with Crippen LogP contribution in [-0.4, -0.2) is 19.8 Å². The molecule has 0 aliphatic heterocycles. The van der Waals surface area contributed by atoms with Crippen LogP contribution >= 0.6 is 38.9 Å². The summed E-state index contributed by atoms with van der Waals surface area (Å²) in [5.41, 5.74) is 1.70. The van der Waals surface area contributed by atoms with Gasteiger partial charge in [-0.15, -0.1) is 11.3 Å². The third-order valence-corrected chi connectivity index (χ3v) is 7.09. The Morgan fingerprint density at radius 2 is 2.05 bits per heavy atom. The van der Waals surface area contributed by atoms with Gasteiger partial charge in [-0.2, -0.15) is 4.31 Å². The third-order valence-electron chi connectivity index (χ3n) is 2.79. The molecule has 7 heteroatoms. The van der Waals surface area contributed by atoms with Crippen LogP contribution in [0.5, 0.6) is 0 Å². The molecular weight excluding hydrogens is 382 g/mol. The van der Waals surface area contributed by atoms with Crippen molar-refractivity contribution in [3.63, 3.8) is 0 Å². The predicted octanol–water partition coefficient (Wildman–Crippen LogP) is 4.29. The lowest BCUT2D eigenvalue weighted by atomic mass is 10.2. The Balaban J connectivity index is 2.25. The Morgan fingerprint density at radius 3 is 2.60 bits per heavy atom. The van der Waals surface area contributed by atoms with E-state index < -0.39 is 10.0 Å². The molecule has 0 unspecified atom stereocenters. The van der Waals surface area contributed by atoms with Crippen molar-refractivity contribution in [2.24, 2.45) is 0 Å². The number of sulfonamides is 1. The number of halogens is 2. The summed E-state index contributed by atoms with van der Waals surface area (Å²) in [6.45, 7) is 2.11.